The summed E-state index contributed by atoms with van der Waals surface area (Å²) in [5.41, 5.74) is 4.59. The number of nitrogens with zero attached hydrogens (tertiary/aromatic N) is 1. The van der Waals surface area contributed by atoms with Crippen molar-refractivity contribution in [2.45, 2.75) is 13.0 Å². The molecule has 4 rings (SSSR count). The first-order valence-corrected chi connectivity index (χ1v) is 9.11. The quantitative estimate of drug-likeness (QED) is 0.550. The predicted octanol–water partition coefficient (Wildman–Crippen LogP) is 5.76. The van der Waals surface area contributed by atoms with Gasteiger partial charge in [0.05, 0.1) is 12.8 Å². The smallest absolute Gasteiger partial charge is 0.168 e. The van der Waals surface area contributed by atoms with Crippen molar-refractivity contribution in [1.82, 2.24) is 0 Å². The zero-order chi connectivity index (χ0) is 19.3. The van der Waals surface area contributed by atoms with Crippen LogP contribution in [0, 0.1) is 5.82 Å². The molecule has 0 N–H and O–H groups in total. The number of halogens is 1. The van der Waals surface area contributed by atoms with Gasteiger partial charge in [-0.2, -0.15) is 0 Å². The maximum Gasteiger partial charge on any atom is 0.168 e. The summed E-state index contributed by atoms with van der Waals surface area (Å²) in [5, 5.41) is 0. The second-order valence-electron chi connectivity index (χ2n) is 6.50. The average molecular weight is 373 g/mol. The number of methoxy groups -OCH3 is 1. The number of ether oxygens (including phenoxy) is 2. The van der Waals surface area contributed by atoms with Crippen LogP contribution in [0.5, 0.6) is 11.5 Å². The van der Waals surface area contributed by atoms with E-state index in [4.69, 9.17) is 9.47 Å². The van der Waals surface area contributed by atoms with Gasteiger partial charge >= 0.3 is 0 Å². The van der Waals surface area contributed by atoms with Gasteiger partial charge in [-0.15, -0.1) is 0 Å². The van der Waals surface area contributed by atoms with Crippen molar-refractivity contribution >= 4 is 17.5 Å². The van der Waals surface area contributed by atoms with Crippen molar-refractivity contribution in [2.75, 3.05) is 7.11 Å². The third-order valence-electron chi connectivity index (χ3n) is 4.64. The summed E-state index contributed by atoms with van der Waals surface area (Å²) < 4.78 is 25.3. The number of benzene rings is 3. The van der Waals surface area contributed by atoms with Crippen LogP contribution < -0.4 is 9.47 Å². The lowest BCUT2D eigenvalue weighted by molar-refractivity contribution is 0.279. The molecule has 0 saturated heterocycles. The summed E-state index contributed by atoms with van der Waals surface area (Å²) >= 11 is 0. The van der Waals surface area contributed by atoms with Crippen LogP contribution in [-0.4, -0.2) is 12.8 Å². The molecule has 3 aromatic rings. The molecule has 0 amide bonds. The SMILES string of the molecule is COc1cccc(/C=C/C2=Nc3ccccc3C2)c1OCc1ccccc1F. The first kappa shape index (κ1) is 18.0. The normalized spacial score (nSPS) is 12.7. The Labute approximate surface area is 163 Å². The zero-order valence-corrected chi connectivity index (χ0v) is 15.6. The van der Waals surface area contributed by atoms with E-state index in [1.165, 1.54) is 11.6 Å². The minimum atomic E-state index is -0.285. The highest BCUT2D eigenvalue weighted by molar-refractivity contribution is 6.04. The number of hydrogen-bond donors (Lipinski definition) is 0. The van der Waals surface area contributed by atoms with Crippen molar-refractivity contribution in [2.24, 2.45) is 4.99 Å². The molecule has 4 heteroatoms. The van der Waals surface area contributed by atoms with Crippen molar-refractivity contribution in [3.63, 3.8) is 0 Å². The Bertz CT molecular complexity index is 1060. The maximum absolute atomic E-state index is 13.9. The monoisotopic (exact) mass is 373 g/mol. The molecule has 0 aliphatic carbocycles. The van der Waals surface area contributed by atoms with E-state index in [9.17, 15) is 4.39 Å². The average Bonchev–Trinajstić information content (AvgIpc) is 3.15. The fourth-order valence-corrected chi connectivity index (χ4v) is 3.19. The van der Waals surface area contributed by atoms with Crippen molar-refractivity contribution in [3.8, 4) is 11.5 Å². The van der Waals surface area contributed by atoms with Crippen LogP contribution in [0.25, 0.3) is 6.08 Å². The van der Waals surface area contributed by atoms with E-state index in [-0.39, 0.29) is 12.4 Å². The summed E-state index contributed by atoms with van der Waals surface area (Å²) in [6, 6.07) is 20.4. The predicted molar refractivity (Wildman–Crippen MR) is 110 cm³/mol. The zero-order valence-electron chi connectivity index (χ0n) is 15.6. The molecular weight excluding hydrogens is 353 g/mol. The Morgan fingerprint density at radius 2 is 1.79 bits per heavy atom. The van der Waals surface area contributed by atoms with E-state index < -0.39 is 0 Å². The Hall–Kier alpha value is -3.40. The van der Waals surface area contributed by atoms with Gasteiger partial charge < -0.3 is 9.47 Å². The van der Waals surface area contributed by atoms with Gasteiger partial charge in [0, 0.05) is 23.3 Å². The highest BCUT2D eigenvalue weighted by Gasteiger charge is 2.13. The summed E-state index contributed by atoms with van der Waals surface area (Å²) in [6.07, 6.45) is 4.76. The second kappa shape index (κ2) is 8.09. The van der Waals surface area contributed by atoms with E-state index in [1.807, 2.05) is 48.6 Å². The van der Waals surface area contributed by atoms with Crippen molar-refractivity contribution in [3.05, 3.63) is 95.3 Å². The molecule has 0 aromatic heterocycles. The molecule has 1 aliphatic rings. The van der Waals surface area contributed by atoms with Crippen molar-refractivity contribution < 1.29 is 13.9 Å². The fraction of sp³-hybridized carbons (Fsp3) is 0.125. The number of aliphatic imine (C=N–C) groups is 1. The molecule has 0 bridgehead atoms. The van der Waals surface area contributed by atoms with Crippen LogP contribution >= 0.6 is 0 Å². The van der Waals surface area contributed by atoms with E-state index in [1.54, 1.807) is 25.3 Å². The Balaban J connectivity index is 1.57. The molecule has 28 heavy (non-hydrogen) atoms. The highest BCUT2D eigenvalue weighted by Crippen LogP contribution is 2.33. The molecule has 0 saturated carbocycles. The second-order valence-corrected chi connectivity index (χ2v) is 6.50. The van der Waals surface area contributed by atoms with Gasteiger partial charge in [-0.3, -0.25) is 4.99 Å². The number of para-hydroxylation sites is 2. The van der Waals surface area contributed by atoms with Gasteiger partial charge in [0.25, 0.3) is 0 Å². The molecule has 3 nitrogen and oxygen atoms in total. The first-order chi connectivity index (χ1) is 13.7. The molecule has 0 atom stereocenters. The van der Waals surface area contributed by atoms with Gasteiger partial charge in [0.15, 0.2) is 11.5 Å². The van der Waals surface area contributed by atoms with Crippen LogP contribution in [0.15, 0.2) is 77.8 Å². The van der Waals surface area contributed by atoms with Gasteiger partial charge in [0.2, 0.25) is 0 Å². The maximum atomic E-state index is 13.9. The molecule has 1 aliphatic heterocycles. The van der Waals surface area contributed by atoms with E-state index in [2.05, 4.69) is 11.1 Å². The first-order valence-electron chi connectivity index (χ1n) is 9.11. The van der Waals surface area contributed by atoms with E-state index >= 15 is 0 Å². The van der Waals surface area contributed by atoms with Crippen LogP contribution in [0.3, 0.4) is 0 Å². The van der Waals surface area contributed by atoms with Crippen LogP contribution in [0.2, 0.25) is 0 Å². The van der Waals surface area contributed by atoms with E-state index in [0.717, 1.165) is 23.4 Å². The number of allylic oxidation sites excluding steroid dienone is 1. The topological polar surface area (TPSA) is 30.8 Å². The molecule has 0 unspecified atom stereocenters. The Kier molecular flexibility index (Phi) is 5.20. The lowest BCUT2D eigenvalue weighted by Gasteiger charge is -2.14. The van der Waals surface area contributed by atoms with Gasteiger partial charge in [-0.05, 0) is 35.9 Å². The molecule has 0 fully saturated rings. The molecule has 0 spiro atoms. The van der Waals surface area contributed by atoms with Gasteiger partial charge in [-0.25, -0.2) is 4.39 Å². The third-order valence-corrected chi connectivity index (χ3v) is 4.64. The Morgan fingerprint density at radius 1 is 0.964 bits per heavy atom. The molecule has 1 heterocycles. The number of rotatable bonds is 6. The Morgan fingerprint density at radius 3 is 2.61 bits per heavy atom. The summed E-state index contributed by atoms with van der Waals surface area (Å²) in [6.45, 7) is 0.125. The molecule has 0 radical (unpaired) electrons. The number of hydrogen-bond acceptors (Lipinski definition) is 3. The minimum absolute atomic E-state index is 0.125. The lowest BCUT2D eigenvalue weighted by atomic mass is 10.1. The summed E-state index contributed by atoms with van der Waals surface area (Å²) in [5.74, 6) is 0.906. The van der Waals surface area contributed by atoms with Crippen LogP contribution in [0.4, 0.5) is 10.1 Å². The van der Waals surface area contributed by atoms with Crippen LogP contribution in [-0.2, 0) is 13.0 Å². The molecule has 3 aromatic carbocycles. The van der Waals surface area contributed by atoms with Crippen LogP contribution in [0.1, 0.15) is 16.7 Å². The summed E-state index contributed by atoms with van der Waals surface area (Å²) in [4.78, 5) is 4.65. The van der Waals surface area contributed by atoms with E-state index in [0.29, 0.717) is 17.1 Å². The summed E-state index contributed by atoms with van der Waals surface area (Å²) in [7, 11) is 1.59. The standard InChI is InChI=1S/C24H20FNO2/c1-27-23-12-6-9-17(24(23)28-16-19-8-2-4-10-21(19)25)13-14-20-15-18-7-3-5-11-22(18)26-20/h2-14H,15-16H2,1H3/b14-13+. The van der Waals surface area contributed by atoms with Gasteiger partial charge in [-0.1, -0.05) is 48.5 Å². The fourth-order valence-electron chi connectivity index (χ4n) is 3.19. The molecule has 140 valence electrons. The highest BCUT2D eigenvalue weighted by atomic mass is 19.1. The number of fused-ring (bicyclic) bond motifs is 1. The third kappa shape index (κ3) is 3.81. The molecular formula is C24H20FNO2. The minimum Gasteiger partial charge on any atom is -0.493 e. The largest absolute Gasteiger partial charge is 0.493 e. The van der Waals surface area contributed by atoms with Crippen molar-refractivity contribution in [1.29, 1.82) is 0 Å². The lowest BCUT2D eigenvalue weighted by Crippen LogP contribution is -2.01. The van der Waals surface area contributed by atoms with Gasteiger partial charge in [0.1, 0.15) is 12.4 Å².